The van der Waals surface area contributed by atoms with Gasteiger partial charge in [0.05, 0.1) is 17.9 Å². The standard InChI is InChI=1S/C27H32F5NO3S/c1-25(2,3)33-11-8-26(9-12-33)7-6-19-14-18(4-5-24(19)36-26)20-15-22(28)21(23(29)16-20)17-37(34,35)13-10-27(30,31)32/h4-5,14-16H,6-13,17H2,1-3H3. The number of alkyl halides is 3. The molecule has 0 radical (unpaired) electrons. The van der Waals surface area contributed by atoms with Crippen LogP contribution in [-0.4, -0.2) is 49.5 Å². The van der Waals surface area contributed by atoms with Crippen LogP contribution in [-0.2, 0) is 22.0 Å². The lowest BCUT2D eigenvalue weighted by molar-refractivity contribution is -0.129. The Kier molecular flexibility index (Phi) is 7.40. The second kappa shape index (κ2) is 9.84. The summed E-state index contributed by atoms with van der Waals surface area (Å²) >= 11 is 0. The Morgan fingerprint density at radius 1 is 0.946 bits per heavy atom. The first-order chi connectivity index (χ1) is 17.1. The quantitative estimate of drug-likeness (QED) is 0.405. The van der Waals surface area contributed by atoms with Gasteiger partial charge in [-0.15, -0.1) is 0 Å². The first kappa shape index (κ1) is 27.8. The van der Waals surface area contributed by atoms with Crippen molar-refractivity contribution >= 4 is 9.84 Å². The number of halogens is 5. The van der Waals surface area contributed by atoms with Gasteiger partial charge in [-0.05, 0) is 87.4 Å². The predicted octanol–water partition coefficient (Wildman–Crippen LogP) is 6.46. The van der Waals surface area contributed by atoms with Crippen LogP contribution in [0.3, 0.4) is 0 Å². The van der Waals surface area contributed by atoms with Crippen molar-refractivity contribution in [3.05, 3.63) is 53.1 Å². The molecule has 2 aromatic carbocycles. The minimum absolute atomic E-state index is 0.108. The number of fused-ring (bicyclic) bond motifs is 1. The molecule has 1 fully saturated rings. The van der Waals surface area contributed by atoms with E-state index < -0.39 is 51.1 Å². The molecular weight excluding hydrogens is 513 g/mol. The summed E-state index contributed by atoms with van der Waals surface area (Å²) in [5.74, 6) is -3.81. The lowest BCUT2D eigenvalue weighted by atomic mass is 9.81. The topological polar surface area (TPSA) is 46.6 Å². The molecule has 0 aliphatic carbocycles. The van der Waals surface area contributed by atoms with Crippen LogP contribution in [0.1, 0.15) is 57.6 Å². The zero-order valence-corrected chi connectivity index (χ0v) is 22.0. The zero-order chi connectivity index (χ0) is 27.2. The van der Waals surface area contributed by atoms with Crippen LogP contribution in [0.2, 0.25) is 0 Å². The van der Waals surface area contributed by atoms with Crippen molar-refractivity contribution in [3.8, 4) is 16.9 Å². The number of aryl methyl sites for hydroxylation is 1. The average molecular weight is 546 g/mol. The van der Waals surface area contributed by atoms with Crippen LogP contribution >= 0.6 is 0 Å². The number of benzene rings is 2. The summed E-state index contributed by atoms with van der Waals surface area (Å²) in [4.78, 5) is 2.45. The maximum absolute atomic E-state index is 14.7. The molecule has 2 aromatic rings. The maximum Gasteiger partial charge on any atom is 0.390 e. The van der Waals surface area contributed by atoms with Crippen molar-refractivity contribution in [2.75, 3.05) is 18.8 Å². The van der Waals surface area contributed by atoms with Gasteiger partial charge in [-0.2, -0.15) is 13.2 Å². The molecule has 0 saturated carbocycles. The lowest BCUT2D eigenvalue weighted by Crippen LogP contribution is -2.54. The molecule has 0 aromatic heterocycles. The number of ether oxygens (including phenoxy) is 1. The summed E-state index contributed by atoms with van der Waals surface area (Å²) in [5, 5.41) is 0. The fourth-order valence-electron chi connectivity index (χ4n) is 5.11. The molecule has 0 bridgehead atoms. The molecule has 37 heavy (non-hydrogen) atoms. The fraction of sp³-hybridized carbons (Fsp3) is 0.556. The Hall–Kier alpha value is -2.20. The van der Waals surface area contributed by atoms with Gasteiger partial charge in [-0.3, -0.25) is 4.90 Å². The van der Waals surface area contributed by atoms with Gasteiger partial charge in [-0.1, -0.05) is 6.07 Å². The van der Waals surface area contributed by atoms with Crippen LogP contribution < -0.4 is 4.74 Å². The SMILES string of the molecule is CC(C)(C)N1CCC2(CCc3cc(-c4cc(F)c(CS(=O)(=O)CCC(F)(F)F)c(F)c4)ccc3O2)CC1. The molecule has 2 aliphatic heterocycles. The third-order valence-corrected chi connectivity index (χ3v) is 8.95. The third kappa shape index (κ3) is 6.63. The zero-order valence-electron chi connectivity index (χ0n) is 21.2. The van der Waals surface area contributed by atoms with Gasteiger partial charge in [0.15, 0.2) is 9.84 Å². The average Bonchev–Trinajstić information content (AvgIpc) is 2.79. The molecule has 0 unspecified atom stereocenters. The monoisotopic (exact) mass is 545 g/mol. The second-order valence-electron chi connectivity index (χ2n) is 11.1. The highest BCUT2D eigenvalue weighted by molar-refractivity contribution is 7.90. The molecule has 1 spiro atoms. The van der Waals surface area contributed by atoms with Crippen LogP contribution in [0.5, 0.6) is 5.75 Å². The Bertz CT molecular complexity index is 1240. The van der Waals surface area contributed by atoms with Gasteiger partial charge in [0.25, 0.3) is 0 Å². The van der Waals surface area contributed by atoms with Crippen molar-refractivity contribution in [2.45, 2.75) is 75.9 Å². The summed E-state index contributed by atoms with van der Waals surface area (Å²) in [6.45, 7) is 8.51. The van der Waals surface area contributed by atoms with Crippen molar-refractivity contribution in [3.63, 3.8) is 0 Å². The summed E-state index contributed by atoms with van der Waals surface area (Å²) < 4.78 is 97.1. The Balaban J connectivity index is 1.49. The molecule has 4 nitrogen and oxygen atoms in total. The number of hydrogen-bond acceptors (Lipinski definition) is 4. The van der Waals surface area contributed by atoms with E-state index in [1.165, 1.54) is 0 Å². The summed E-state index contributed by atoms with van der Waals surface area (Å²) in [7, 11) is -4.35. The first-order valence-electron chi connectivity index (χ1n) is 12.4. The van der Waals surface area contributed by atoms with E-state index in [-0.39, 0.29) is 16.7 Å². The first-order valence-corrected chi connectivity index (χ1v) is 14.2. The van der Waals surface area contributed by atoms with Gasteiger partial charge in [0.1, 0.15) is 23.0 Å². The normalized spacial score (nSPS) is 18.5. The van der Waals surface area contributed by atoms with E-state index >= 15 is 0 Å². The molecule has 0 N–H and O–H groups in total. The molecule has 0 atom stereocenters. The molecule has 1 saturated heterocycles. The largest absolute Gasteiger partial charge is 0.487 e. The highest BCUT2D eigenvalue weighted by Gasteiger charge is 2.41. The molecule has 4 rings (SSSR count). The van der Waals surface area contributed by atoms with E-state index in [4.69, 9.17) is 4.74 Å². The van der Waals surface area contributed by atoms with Crippen molar-refractivity contribution in [1.82, 2.24) is 4.90 Å². The Morgan fingerprint density at radius 3 is 2.14 bits per heavy atom. The van der Waals surface area contributed by atoms with E-state index in [2.05, 4.69) is 25.7 Å². The van der Waals surface area contributed by atoms with Gasteiger partial charge in [-0.25, -0.2) is 17.2 Å². The highest BCUT2D eigenvalue weighted by atomic mass is 32.2. The lowest BCUT2D eigenvalue weighted by Gasteiger charge is -2.48. The Labute approximate surface area is 214 Å². The van der Waals surface area contributed by atoms with Crippen molar-refractivity contribution < 1.29 is 35.1 Å². The van der Waals surface area contributed by atoms with E-state index in [1.807, 2.05) is 6.07 Å². The van der Waals surface area contributed by atoms with Crippen LogP contribution in [0, 0.1) is 11.6 Å². The number of hydrogen-bond donors (Lipinski definition) is 0. The minimum atomic E-state index is -4.67. The van der Waals surface area contributed by atoms with Crippen LogP contribution in [0.25, 0.3) is 11.1 Å². The summed E-state index contributed by atoms with van der Waals surface area (Å²) in [6, 6.07) is 7.36. The Morgan fingerprint density at radius 2 is 1.57 bits per heavy atom. The molecule has 2 aliphatic rings. The molecule has 0 amide bonds. The predicted molar refractivity (Wildman–Crippen MR) is 132 cm³/mol. The van der Waals surface area contributed by atoms with Gasteiger partial charge < -0.3 is 4.74 Å². The maximum atomic E-state index is 14.7. The van der Waals surface area contributed by atoms with E-state index in [1.54, 1.807) is 12.1 Å². The number of piperidine rings is 1. The fourth-order valence-corrected chi connectivity index (χ4v) is 6.51. The van der Waals surface area contributed by atoms with E-state index in [9.17, 15) is 30.4 Å². The number of nitrogens with zero attached hydrogens (tertiary/aromatic N) is 1. The van der Waals surface area contributed by atoms with Crippen LogP contribution in [0.4, 0.5) is 22.0 Å². The minimum Gasteiger partial charge on any atom is -0.487 e. The molecule has 10 heteroatoms. The van der Waals surface area contributed by atoms with E-state index in [0.717, 1.165) is 62.2 Å². The van der Waals surface area contributed by atoms with Crippen molar-refractivity contribution in [1.29, 1.82) is 0 Å². The van der Waals surface area contributed by atoms with Gasteiger partial charge in [0, 0.05) is 24.2 Å². The smallest absolute Gasteiger partial charge is 0.390 e. The summed E-state index contributed by atoms with van der Waals surface area (Å²) in [5.41, 5.74) is 0.833. The number of likely N-dealkylation sites (tertiary alicyclic amines) is 1. The molecular formula is C27H32F5NO3S. The van der Waals surface area contributed by atoms with Crippen LogP contribution in [0.15, 0.2) is 30.3 Å². The van der Waals surface area contributed by atoms with Crippen molar-refractivity contribution in [2.24, 2.45) is 0 Å². The van der Waals surface area contributed by atoms with Gasteiger partial charge >= 0.3 is 6.18 Å². The van der Waals surface area contributed by atoms with E-state index in [0.29, 0.717) is 5.56 Å². The van der Waals surface area contributed by atoms with Gasteiger partial charge in [0.2, 0.25) is 0 Å². The number of rotatable bonds is 5. The summed E-state index contributed by atoms with van der Waals surface area (Å²) in [6.07, 6.45) is -2.78. The third-order valence-electron chi connectivity index (χ3n) is 7.40. The number of sulfone groups is 1. The second-order valence-corrected chi connectivity index (χ2v) is 13.3. The molecule has 2 heterocycles. The highest BCUT2D eigenvalue weighted by Crippen LogP contribution is 2.42. The molecule has 204 valence electrons.